The molecule has 0 aromatic rings. The van der Waals surface area contributed by atoms with Gasteiger partial charge in [0.25, 0.3) is 0 Å². The molecular weight excluding hydrogens is 238 g/mol. The van der Waals surface area contributed by atoms with Gasteiger partial charge < -0.3 is 9.64 Å². The molecular formula is C16H25NO2. The summed E-state index contributed by atoms with van der Waals surface area (Å²) in [6.45, 7) is 7.39. The first-order valence-corrected chi connectivity index (χ1v) is 7.25. The lowest BCUT2D eigenvalue weighted by Crippen LogP contribution is -2.49. The number of piperidine rings is 1. The molecule has 0 aromatic carbocycles. The van der Waals surface area contributed by atoms with Gasteiger partial charge in [0.2, 0.25) is 0 Å². The SMILES string of the molecule is C#CCC1CC2(CCN(C(=O)OC(C)(C)C)CC2)C1. The number of likely N-dealkylation sites (tertiary alicyclic amines) is 1. The Labute approximate surface area is 116 Å². The third kappa shape index (κ3) is 3.43. The van der Waals surface area contributed by atoms with E-state index < -0.39 is 5.60 Å². The van der Waals surface area contributed by atoms with Crippen LogP contribution < -0.4 is 0 Å². The van der Waals surface area contributed by atoms with Gasteiger partial charge in [0.05, 0.1) is 0 Å². The van der Waals surface area contributed by atoms with Gasteiger partial charge in [-0.1, -0.05) is 0 Å². The number of hydrogen-bond acceptors (Lipinski definition) is 2. The number of carbonyl (C=O) groups excluding carboxylic acids is 1. The zero-order valence-electron chi connectivity index (χ0n) is 12.4. The fourth-order valence-electron chi connectivity index (χ4n) is 3.37. The number of nitrogens with zero attached hydrogens (tertiary/aromatic N) is 1. The Balaban J connectivity index is 1.78. The lowest BCUT2D eigenvalue weighted by Gasteiger charge is -2.52. The monoisotopic (exact) mass is 263 g/mol. The van der Waals surface area contributed by atoms with E-state index >= 15 is 0 Å². The summed E-state index contributed by atoms with van der Waals surface area (Å²) < 4.78 is 5.42. The van der Waals surface area contributed by atoms with Crippen molar-refractivity contribution in [3.63, 3.8) is 0 Å². The van der Waals surface area contributed by atoms with Gasteiger partial charge in [-0.25, -0.2) is 4.79 Å². The lowest BCUT2D eigenvalue weighted by molar-refractivity contribution is -0.0259. The van der Waals surface area contributed by atoms with E-state index in [1.165, 1.54) is 12.8 Å². The van der Waals surface area contributed by atoms with Crippen LogP contribution in [0.1, 0.15) is 52.9 Å². The van der Waals surface area contributed by atoms with E-state index in [1.807, 2.05) is 25.7 Å². The summed E-state index contributed by atoms with van der Waals surface area (Å²) in [7, 11) is 0. The minimum Gasteiger partial charge on any atom is -0.444 e. The van der Waals surface area contributed by atoms with Crippen LogP contribution in [0.4, 0.5) is 4.79 Å². The molecule has 1 amide bonds. The topological polar surface area (TPSA) is 29.5 Å². The summed E-state index contributed by atoms with van der Waals surface area (Å²) in [5.74, 6) is 3.48. The summed E-state index contributed by atoms with van der Waals surface area (Å²) in [6, 6.07) is 0. The number of amides is 1. The van der Waals surface area contributed by atoms with Gasteiger partial charge in [-0.15, -0.1) is 12.3 Å². The van der Waals surface area contributed by atoms with Crippen LogP contribution in [0.15, 0.2) is 0 Å². The Morgan fingerprint density at radius 1 is 1.37 bits per heavy atom. The third-order valence-corrected chi connectivity index (χ3v) is 4.33. The van der Waals surface area contributed by atoms with E-state index in [9.17, 15) is 4.79 Å². The molecule has 1 saturated carbocycles. The highest BCUT2D eigenvalue weighted by atomic mass is 16.6. The second-order valence-electron chi connectivity index (χ2n) is 7.15. The Hall–Kier alpha value is -1.17. The number of rotatable bonds is 1. The van der Waals surface area contributed by atoms with Gasteiger partial charge in [-0.3, -0.25) is 0 Å². The molecule has 106 valence electrons. The fraction of sp³-hybridized carbons (Fsp3) is 0.812. The molecule has 1 aliphatic heterocycles. The molecule has 2 rings (SSSR count). The van der Waals surface area contributed by atoms with Crippen molar-refractivity contribution in [3.8, 4) is 12.3 Å². The zero-order chi connectivity index (χ0) is 14.1. The number of terminal acetylenes is 1. The predicted octanol–water partition coefficient (Wildman–Crippen LogP) is 3.44. The van der Waals surface area contributed by atoms with Crippen molar-refractivity contribution in [3.05, 3.63) is 0 Å². The van der Waals surface area contributed by atoms with Crippen molar-refractivity contribution in [1.29, 1.82) is 0 Å². The van der Waals surface area contributed by atoms with Gasteiger partial charge in [0.15, 0.2) is 0 Å². The zero-order valence-corrected chi connectivity index (χ0v) is 12.4. The van der Waals surface area contributed by atoms with Crippen molar-refractivity contribution < 1.29 is 9.53 Å². The van der Waals surface area contributed by atoms with Crippen LogP contribution in [0, 0.1) is 23.7 Å². The van der Waals surface area contributed by atoms with Crippen molar-refractivity contribution in [2.24, 2.45) is 11.3 Å². The molecule has 1 aliphatic carbocycles. The van der Waals surface area contributed by atoms with E-state index in [2.05, 4.69) is 5.92 Å². The Kier molecular flexibility index (Phi) is 3.80. The quantitative estimate of drug-likeness (QED) is 0.678. The molecule has 0 aromatic heterocycles. The molecule has 1 heterocycles. The van der Waals surface area contributed by atoms with E-state index in [4.69, 9.17) is 11.2 Å². The fourth-order valence-corrected chi connectivity index (χ4v) is 3.37. The predicted molar refractivity (Wildman–Crippen MR) is 75.6 cm³/mol. The number of hydrogen-bond donors (Lipinski definition) is 0. The molecule has 0 radical (unpaired) electrons. The van der Waals surface area contributed by atoms with Crippen LogP contribution in [-0.4, -0.2) is 29.7 Å². The molecule has 2 aliphatic rings. The molecule has 0 N–H and O–H groups in total. The van der Waals surface area contributed by atoms with Crippen LogP contribution in [0.5, 0.6) is 0 Å². The molecule has 3 nitrogen and oxygen atoms in total. The largest absolute Gasteiger partial charge is 0.444 e. The first-order chi connectivity index (χ1) is 8.84. The minimum absolute atomic E-state index is 0.165. The standard InChI is InChI=1S/C16H25NO2/c1-5-6-13-11-16(12-13)7-9-17(10-8-16)14(18)19-15(2,3)4/h1,13H,6-12H2,2-4H3. The maximum atomic E-state index is 12.0. The van der Waals surface area contributed by atoms with Crippen LogP contribution >= 0.6 is 0 Å². The number of carbonyl (C=O) groups is 1. The second-order valence-corrected chi connectivity index (χ2v) is 7.15. The normalized spacial score (nSPS) is 22.7. The van der Waals surface area contributed by atoms with Crippen molar-refractivity contribution in [2.45, 2.75) is 58.5 Å². The van der Waals surface area contributed by atoms with Gasteiger partial charge in [0, 0.05) is 19.5 Å². The van der Waals surface area contributed by atoms with Gasteiger partial charge in [0.1, 0.15) is 5.60 Å². The summed E-state index contributed by atoms with van der Waals surface area (Å²) >= 11 is 0. The highest BCUT2D eigenvalue weighted by Crippen LogP contribution is 2.53. The lowest BCUT2D eigenvalue weighted by atomic mass is 9.57. The van der Waals surface area contributed by atoms with Crippen LogP contribution in [0.2, 0.25) is 0 Å². The van der Waals surface area contributed by atoms with Crippen molar-refractivity contribution in [1.82, 2.24) is 4.90 Å². The maximum absolute atomic E-state index is 12.0. The highest BCUT2D eigenvalue weighted by Gasteiger charge is 2.46. The molecule has 0 unspecified atom stereocenters. The Bertz CT molecular complexity index is 373. The summed E-state index contributed by atoms with van der Waals surface area (Å²) in [5, 5.41) is 0. The summed E-state index contributed by atoms with van der Waals surface area (Å²) in [6.07, 6.45) is 10.8. The average molecular weight is 263 g/mol. The molecule has 2 fully saturated rings. The first-order valence-electron chi connectivity index (χ1n) is 7.25. The summed E-state index contributed by atoms with van der Waals surface area (Å²) in [4.78, 5) is 13.8. The smallest absolute Gasteiger partial charge is 0.410 e. The molecule has 19 heavy (non-hydrogen) atoms. The van der Waals surface area contributed by atoms with E-state index in [1.54, 1.807) is 0 Å². The molecule has 1 spiro atoms. The van der Waals surface area contributed by atoms with Gasteiger partial charge >= 0.3 is 6.09 Å². The van der Waals surface area contributed by atoms with E-state index in [0.29, 0.717) is 5.41 Å². The van der Waals surface area contributed by atoms with Crippen LogP contribution in [0.25, 0.3) is 0 Å². The molecule has 0 atom stereocenters. The second kappa shape index (κ2) is 5.07. The number of ether oxygens (including phenoxy) is 1. The third-order valence-electron chi connectivity index (χ3n) is 4.33. The maximum Gasteiger partial charge on any atom is 0.410 e. The molecule has 1 saturated heterocycles. The first kappa shape index (κ1) is 14.2. The van der Waals surface area contributed by atoms with Crippen LogP contribution in [-0.2, 0) is 4.74 Å². The molecule has 3 heteroatoms. The highest BCUT2D eigenvalue weighted by molar-refractivity contribution is 5.68. The van der Waals surface area contributed by atoms with E-state index in [0.717, 1.165) is 38.3 Å². The van der Waals surface area contributed by atoms with Gasteiger partial charge in [-0.05, 0) is 57.8 Å². The van der Waals surface area contributed by atoms with Crippen molar-refractivity contribution in [2.75, 3.05) is 13.1 Å². The van der Waals surface area contributed by atoms with E-state index in [-0.39, 0.29) is 6.09 Å². The Morgan fingerprint density at radius 3 is 2.42 bits per heavy atom. The van der Waals surface area contributed by atoms with Gasteiger partial charge in [-0.2, -0.15) is 0 Å². The summed E-state index contributed by atoms with van der Waals surface area (Å²) in [5.41, 5.74) is 0.0700. The van der Waals surface area contributed by atoms with Crippen molar-refractivity contribution >= 4 is 6.09 Å². The Morgan fingerprint density at radius 2 is 1.95 bits per heavy atom. The minimum atomic E-state index is -0.402. The average Bonchev–Trinajstić information content (AvgIpc) is 2.26. The molecule has 0 bridgehead atoms. The van der Waals surface area contributed by atoms with Crippen LogP contribution in [0.3, 0.4) is 0 Å².